The third-order valence-corrected chi connectivity index (χ3v) is 4.04. The van der Waals surface area contributed by atoms with Crippen LogP contribution in [0.2, 0.25) is 0 Å². The zero-order chi connectivity index (χ0) is 17.0. The monoisotopic (exact) mass is 377 g/mol. The molecule has 23 heavy (non-hydrogen) atoms. The van der Waals surface area contributed by atoms with E-state index in [2.05, 4.69) is 26.2 Å². The zero-order valence-electron chi connectivity index (χ0n) is 13.4. The molecule has 1 unspecified atom stereocenters. The number of rotatable bonds is 5. The Balaban J connectivity index is 2.11. The molecule has 122 valence electrons. The first-order valence-electron chi connectivity index (χ1n) is 7.20. The van der Waals surface area contributed by atoms with Gasteiger partial charge in [-0.2, -0.15) is 0 Å². The molecule has 0 saturated carbocycles. The van der Waals surface area contributed by atoms with Gasteiger partial charge in [-0.1, -0.05) is 28.1 Å². The van der Waals surface area contributed by atoms with Crippen LogP contribution in [0.25, 0.3) is 0 Å². The minimum atomic E-state index is -1.16. The third kappa shape index (κ3) is 4.30. The molecule has 0 saturated heterocycles. The van der Waals surface area contributed by atoms with Gasteiger partial charge in [0.15, 0.2) is 0 Å². The molecule has 1 aromatic carbocycles. The fraction of sp³-hybridized carbons (Fsp3) is 0.294. The number of aliphatic hydroxyl groups is 1. The van der Waals surface area contributed by atoms with E-state index in [0.717, 1.165) is 10.0 Å². The SMILES string of the molecule is CN(C)c1ncccc1C(=O)NCC(C)(O)c1ccc(Br)cc1. The highest BCUT2D eigenvalue weighted by Crippen LogP contribution is 2.22. The number of benzene rings is 1. The van der Waals surface area contributed by atoms with Crippen LogP contribution in [0, 0.1) is 0 Å². The molecule has 0 bridgehead atoms. The van der Waals surface area contributed by atoms with E-state index in [-0.39, 0.29) is 12.5 Å². The average Bonchev–Trinajstić information content (AvgIpc) is 2.53. The highest BCUT2D eigenvalue weighted by atomic mass is 79.9. The highest BCUT2D eigenvalue weighted by molar-refractivity contribution is 9.10. The summed E-state index contributed by atoms with van der Waals surface area (Å²) >= 11 is 3.36. The first-order chi connectivity index (χ1) is 10.8. The number of halogens is 1. The van der Waals surface area contributed by atoms with Gasteiger partial charge < -0.3 is 15.3 Å². The Bertz CT molecular complexity index is 684. The minimum Gasteiger partial charge on any atom is -0.384 e. The summed E-state index contributed by atoms with van der Waals surface area (Å²) in [5.41, 5.74) is 0.0562. The number of hydrogen-bond acceptors (Lipinski definition) is 4. The maximum atomic E-state index is 12.4. The number of pyridine rings is 1. The van der Waals surface area contributed by atoms with Gasteiger partial charge in [0, 0.05) is 24.8 Å². The summed E-state index contributed by atoms with van der Waals surface area (Å²) in [7, 11) is 3.66. The van der Waals surface area contributed by atoms with Crippen LogP contribution in [0.5, 0.6) is 0 Å². The summed E-state index contributed by atoms with van der Waals surface area (Å²) in [5, 5.41) is 13.4. The molecule has 1 amide bonds. The van der Waals surface area contributed by atoms with Crippen molar-refractivity contribution in [2.24, 2.45) is 0 Å². The van der Waals surface area contributed by atoms with E-state index in [1.165, 1.54) is 0 Å². The maximum absolute atomic E-state index is 12.4. The summed E-state index contributed by atoms with van der Waals surface area (Å²) in [5.74, 6) is 0.326. The molecule has 0 aliphatic rings. The minimum absolute atomic E-state index is 0.106. The van der Waals surface area contributed by atoms with Gasteiger partial charge in [-0.15, -0.1) is 0 Å². The molecular formula is C17H20BrN3O2. The molecule has 5 nitrogen and oxygen atoms in total. The fourth-order valence-corrected chi connectivity index (χ4v) is 2.45. The van der Waals surface area contributed by atoms with Gasteiger partial charge in [0.25, 0.3) is 5.91 Å². The van der Waals surface area contributed by atoms with E-state index in [0.29, 0.717) is 11.4 Å². The van der Waals surface area contributed by atoms with Crippen molar-refractivity contribution in [2.75, 3.05) is 25.5 Å². The van der Waals surface area contributed by atoms with Gasteiger partial charge in [-0.25, -0.2) is 4.98 Å². The molecule has 0 fully saturated rings. The average molecular weight is 378 g/mol. The number of aromatic nitrogens is 1. The van der Waals surface area contributed by atoms with E-state index < -0.39 is 5.60 Å². The Morgan fingerprint density at radius 3 is 2.57 bits per heavy atom. The Hall–Kier alpha value is -1.92. The second-order valence-electron chi connectivity index (χ2n) is 5.73. The van der Waals surface area contributed by atoms with Gasteiger partial charge in [0.2, 0.25) is 0 Å². The second kappa shape index (κ2) is 7.10. The molecule has 2 N–H and O–H groups in total. The molecule has 0 aliphatic heterocycles. The number of amides is 1. The summed E-state index contributed by atoms with van der Waals surface area (Å²) in [6.45, 7) is 1.78. The van der Waals surface area contributed by atoms with E-state index in [4.69, 9.17) is 0 Å². The van der Waals surface area contributed by atoms with Crippen molar-refractivity contribution in [1.82, 2.24) is 10.3 Å². The van der Waals surface area contributed by atoms with Gasteiger partial charge in [0.1, 0.15) is 11.4 Å². The topological polar surface area (TPSA) is 65.5 Å². The van der Waals surface area contributed by atoms with Crippen LogP contribution in [0.3, 0.4) is 0 Å². The van der Waals surface area contributed by atoms with Gasteiger partial charge in [0.05, 0.1) is 12.1 Å². The Morgan fingerprint density at radius 2 is 1.96 bits per heavy atom. The number of carbonyl (C=O) groups excluding carboxylic acids is 1. The van der Waals surface area contributed by atoms with Crippen molar-refractivity contribution in [2.45, 2.75) is 12.5 Å². The summed E-state index contributed by atoms with van der Waals surface area (Å²) in [4.78, 5) is 18.4. The lowest BCUT2D eigenvalue weighted by atomic mass is 9.96. The highest BCUT2D eigenvalue weighted by Gasteiger charge is 2.24. The molecule has 0 radical (unpaired) electrons. The molecule has 0 aliphatic carbocycles. The van der Waals surface area contributed by atoms with Crippen LogP contribution in [0.15, 0.2) is 47.1 Å². The van der Waals surface area contributed by atoms with Crippen LogP contribution in [0.4, 0.5) is 5.82 Å². The fourth-order valence-electron chi connectivity index (χ4n) is 2.19. The maximum Gasteiger partial charge on any atom is 0.255 e. The van der Waals surface area contributed by atoms with Crippen molar-refractivity contribution in [1.29, 1.82) is 0 Å². The molecule has 2 rings (SSSR count). The molecule has 2 aromatic rings. The molecule has 1 aromatic heterocycles. The van der Waals surface area contributed by atoms with Crippen LogP contribution >= 0.6 is 15.9 Å². The smallest absolute Gasteiger partial charge is 0.255 e. The first kappa shape index (κ1) is 17.4. The molecule has 0 spiro atoms. The van der Waals surface area contributed by atoms with Crippen LogP contribution in [-0.4, -0.2) is 36.6 Å². The van der Waals surface area contributed by atoms with Gasteiger partial charge in [-0.3, -0.25) is 4.79 Å². The lowest BCUT2D eigenvalue weighted by molar-refractivity contribution is 0.0526. The van der Waals surface area contributed by atoms with Crippen LogP contribution in [-0.2, 0) is 5.60 Å². The van der Waals surface area contributed by atoms with Crippen molar-refractivity contribution in [3.8, 4) is 0 Å². The van der Waals surface area contributed by atoms with Crippen LogP contribution in [0.1, 0.15) is 22.8 Å². The van der Waals surface area contributed by atoms with Crippen molar-refractivity contribution in [3.05, 3.63) is 58.2 Å². The number of carbonyl (C=O) groups is 1. The molecule has 1 heterocycles. The molecular weight excluding hydrogens is 358 g/mol. The summed E-state index contributed by atoms with van der Waals surface area (Å²) in [6.07, 6.45) is 1.64. The van der Waals surface area contributed by atoms with Gasteiger partial charge >= 0.3 is 0 Å². The predicted molar refractivity (Wildman–Crippen MR) is 94.6 cm³/mol. The molecule has 6 heteroatoms. The van der Waals surface area contributed by atoms with Crippen molar-refractivity contribution in [3.63, 3.8) is 0 Å². The van der Waals surface area contributed by atoms with E-state index in [1.54, 1.807) is 30.2 Å². The normalized spacial score (nSPS) is 13.3. The number of anilines is 1. The van der Waals surface area contributed by atoms with Gasteiger partial charge in [-0.05, 0) is 36.8 Å². The van der Waals surface area contributed by atoms with E-state index >= 15 is 0 Å². The Kier molecular flexibility index (Phi) is 5.38. The van der Waals surface area contributed by atoms with Crippen molar-refractivity contribution < 1.29 is 9.90 Å². The molecule has 1 atom stereocenters. The second-order valence-corrected chi connectivity index (χ2v) is 6.65. The van der Waals surface area contributed by atoms with Crippen molar-refractivity contribution >= 4 is 27.7 Å². The summed E-state index contributed by atoms with van der Waals surface area (Å²) in [6, 6.07) is 10.8. The number of nitrogens with one attached hydrogen (secondary N) is 1. The largest absolute Gasteiger partial charge is 0.384 e. The van der Waals surface area contributed by atoms with E-state index in [9.17, 15) is 9.90 Å². The lowest BCUT2D eigenvalue weighted by Gasteiger charge is -2.25. The summed E-state index contributed by atoms with van der Waals surface area (Å²) < 4.78 is 0.937. The quantitative estimate of drug-likeness (QED) is 0.840. The first-order valence-corrected chi connectivity index (χ1v) is 7.99. The van der Waals surface area contributed by atoms with Crippen LogP contribution < -0.4 is 10.2 Å². The van der Waals surface area contributed by atoms with E-state index in [1.807, 2.05) is 38.4 Å². The zero-order valence-corrected chi connectivity index (χ0v) is 15.0. The Labute approximate surface area is 144 Å². The lowest BCUT2D eigenvalue weighted by Crippen LogP contribution is -2.39. The predicted octanol–water partition coefficient (Wildman–Crippen LogP) is 2.55. The Morgan fingerprint density at radius 1 is 1.30 bits per heavy atom. The third-order valence-electron chi connectivity index (χ3n) is 3.51. The number of hydrogen-bond donors (Lipinski definition) is 2. The standard InChI is InChI=1S/C17H20BrN3O2/c1-17(23,12-6-8-13(18)9-7-12)11-20-16(22)14-5-4-10-19-15(14)21(2)3/h4-10,23H,11H2,1-3H3,(H,20,22). The number of nitrogens with zero attached hydrogens (tertiary/aromatic N) is 2.